The zero-order valence-electron chi connectivity index (χ0n) is 11.9. The molecule has 2 aromatic rings. The Kier molecular flexibility index (Phi) is 3.52. The molecule has 1 atom stereocenters. The number of phenols is 1. The fourth-order valence-corrected chi connectivity index (χ4v) is 2.64. The number of phenolic OH excluding ortho intramolecular Hbond substituents is 1. The lowest BCUT2D eigenvalue weighted by molar-refractivity contribution is -0.117. The average molecular weight is 282 g/mol. The van der Waals surface area contributed by atoms with Crippen LogP contribution in [0.5, 0.6) is 5.75 Å². The number of nitrogens with one attached hydrogen (secondary N) is 2. The third-order valence-electron chi connectivity index (χ3n) is 3.88. The number of anilines is 2. The van der Waals surface area contributed by atoms with Crippen molar-refractivity contribution in [2.75, 3.05) is 17.2 Å². The molecule has 1 amide bonds. The van der Waals surface area contributed by atoms with Gasteiger partial charge in [-0.2, -0.15) is 0 Å². The molecule has 0 radical (unpaired) electrons. The molecule has 4 nitrogen and oxygen atoms in total. The van der Waals surface area contributed by atoms with E-state index in [4.69, 9.17) is 0 Å². The molecule has 3 rings (SSSR count). The van der Waals surface area contributed by atoms with Crippen molar-refractivity contribution in [3.8, 4) is 5.75 Å². The van der Waals surface area contributed by atoms with Crippen LogP contribution in [0.1, 0.15) is 24.0 Å². The molecule has 4 heteroatoms. The maximum Gasteiger partial charge on any atom is 0.233 e. The van der Waals surface area contributed by atoms with E-state index in [0.29, 0.717) is 12.2 Å². The van der Waals surface area contributed by atoms with Gasteiger partial charge < -0.3 is 15.7 Å². The van der Waals surface area contributed by atoms with Crippen molar-refractivity contribution in [3.05, 3.63) is 53.6 Å². The summed E-state index contributed by atoms with van der Waals surface area (Å²) in [5, 5.41) is 16.0. The SMILES string of the molecule is CCc1ccc(O)c(NC(=O)C2CNc3ccccc32)c1. The van der Waals surface area contributed by atoms with E-state index in [2.05, 4.69) is 10.6 Å². The Labute approximate surface area is 123 Å². The second-order valence-corrected chi connectivity index (χ2v) is 5.22. The van der Waals surface area contributed by atoms with Crippen LogP contribution in [0.3, 0.4) is 0 Å². The molecule has 2 aromatic carbocycles. The van der Waals surface area contributed by atoms with Gasteiger partial charge in [-0.3, -0.25) is 4.79 Å². The molecule has 0 aliphatic carbocycles. The second kappa shape index (κ2) is 5.48. The highest BCUT2D eigenvalue weighted by molar-refractivity contribution is 5.99. The van der Waals surface area contributed by atoms with Crippen molar-refractivity contribution in [3.63, 3.8) is 0 Å². The van der Waals surface area contributed by atoms with Crippen molar-refractivity contribution in [2.24, 2.45) is 0 Å². The highest BCUT2D eigenvalue weighted by Crippen LogP contribution is 2.33. The quantitative estimate of drug-likeness (QED) is 0.758. The average Bonchev–Trinajstić information content (AvgIpc) is 2.93. The summed E-state index contributed by atoms with van der Waals surface area (Å²) in [7, 11) is 0. The lowest BCUT2D eigenvalue weighted by atomic mass is 10.0. The predicted molar refractivity (Wildman–Crippen MR) is 83.8 cm³/mol. The first-order valence-corrected chi connectivity index (χ1v) is 7.14. The molecule has 1 aliphatic rings. The Morgan fingerprint density at radius 1 is 1.33 bits per heavy atom. The molecule has 0 spiro atoms. The van der Waals surface area contributed by atoms with Gasteiger partial charge in [-0.05, 0) is 35.7 Å². The summed E-state index contributed by atoms with van der Waals surface area (Å²) in [5.74, 6) is -0.235. The Balaban J connectivity index is 1.82. The van der Waals surface area contributed by atoms with Crippen molar-refractivity contribution < 1.29 is 9.90 Å². The number of hydrogen-bond donors (Lipinski definition) is 3. The van der Waals surface area contributed by atoms with Gasteiger partial charge in [0.05, 0.1) is 11.6 Å². The number of amides is 1. The van der Waals surface area contributed by atoms with Gasteiger partial charge in [0.15, 0.2) is 0 Å². The van der Waals surface area contributed by atoms with Crippen molar-refractivity contribution in [1.29, 1.82) is 0 Å². The fourth-order valence-electron chi connectivity index (χ4n) is 2.64. The van der Waals surface area contributed by atoms with Gasteiger partial charge in [0.25, 0.3) is 0 Å². The van der Waals surface area contributed by atoms with Crippen LogP contribution < -0.4 is 10.6 Å². The maximum absolute atomic E-state index is 12.5. The number of hydrogen-bond acceptors (Lipinski definition) is 3. The summed E-state index contributed by atoms with van der Waals surface area (Å²) < 4.78 is 0. The Morgan fingerprint density at radius 2 is 2.14 bits per heavy atom. The number of carbonyl (C=O) groups excluding carboxylic acids is 1. The zero-order chi connectivity index (χ0) is 14.8. The summed E-state index contributed by atoms with van der Waals surface area (Å²) in [4.78, 5) is 12.5. The number of para-hydroxylation sites is 1. The lowest BCUT2D eigenvalue weighted by Crippen LogP contribution is -2.22. The number of fused-ring (bicyclic) bond motifs is 1. The summed E-state index contributed by atoms with van der Waals surface area (Å²) >= 11 is 0. The molecule has 0 saturated carbocycles. The van der Waals surface area contributed by atoms with Gasteiger partial charge in [0.2, 0.25) is 5.91 Å². The van der Waals surface area contributed by atoms with Gasteiger partial charge in [-0.15, -0.1) is 0 Å². The van der Waals surface area contributed by atoms with Crippen LogP contribution in [0.25, 0.3) is 0 Å². The largest absolute Gasteiger partial charge is 0.506 e. The van der Waals surface area contributed by atoms with E-state index in [1.165, 1.54) is 0 Å². The fraction of sp³-hybridized carbons (Fsp3) is 0.235. The maximum atomic E-state index is 12.5. The van der Waals surface area contributed by atoms with Gasteiger partial charge in [0, 0.05) is 12.2 Å². The van der Waals surface area contributed by atoms with Gasteiger partial charge in [0.1, 0.15) is 5.75 Å². The van der Waals surface area contributed by atoms with Crippen molar-refractivity contribution in [2.45, 2.75) is 19.3 Å². The van der Waals surface area contributed by atoms with Crippen LogP contribution in [-0.2, 0) is 11.2 Å². The third kappa shape index (κ3) is 2.57. The molecule has 1 heterocycles. The normalized spacial score (nSPS) is 16.1. The molecule has 0 aromatic heterocycles. The number of rotatable bonds is 3. The van der Waals surface area contributed by atoms with Crippen LogP contribution in [0.2, 0.25) is 0 Å². The minimum absolute atomic E-state index is 0.0970. The van der Waals surface area contributed by atoms with E-state index in [1.807, 2.05) is 43.3 Å². The van der Waals surface area contributed by atoms with Crippen LogP contribution in [0.4, 0.5) is 11.4 Å². The Bertz CT molecular complexity index is 682. The van der Waals surface area contributed by atoms with Gasteiger partial charge >= 0.3 is 0 Å². The minimum atomic E-state index is -0.231. The van der Waals surface area contributed by atoms with Crippen LogP contribution in [0, 0.1) is 0 Å². The summed E-state index contributed by atoms with van der Waals surface area (Å²) in [6.07, 6.45) is 0.858. The molecule has 1 aliphatic heterocycles. The molecule has 0 saturated heterocycles. The predicted octanol–water partition coefficient (Wildman–Crippen LogP) is 3.10. The smallest absolute Gasteiger partial charge is 0.233 e. The van der Waals surface area contributed by atoms with Crippen LogP contribution >= 0.6 is 0 Å². The summed E-state index contributed by atoms with van der Waals surface area (Å²) in [6, 6.07) is 13.1. The van der Waals surface area contributed by atoms with E-state index < -0.39 is 0 Å². The van der Waals surface area contributed by atoms with E-state index >= 15 is 0 Å². The molecule has 1 unspecified atom stereocenters. The molecule has 0 fully saturated rings. The lowest BCUT2D eigenvalue weighted by Gasteiger charge is -2.13. The summed E-state index contributed by atoms with van der Waals surface area (Å²) in [5.41, 5.74) is 3.56. The van der Waals surface area contributed by atoms with E-state index in [9.17, 15) is 9.90 Å². The first kappa shape index (κ1) is 13.5. The molecule has 0 bridgehead atoms. The summed E-state index contributed by atoms with van der Waals surface area (Å²) in [6.45, 7) is 2.62. The van der Waals surface area contributed by atoms with E-state index in [-0.39, 0.29) is 17.6 Å². The molecule has 3 N–H and O–H groups in total. The minimum Gasteiger partial charge on any atom is -0.506 e. The van der Waals surface area contributed by atoms with E-state index in [1.54, 1.807) is 6.07 Å². The van der Waals surface area contributed by atoms with Gasteiger partial charge in [-0.1, -0.05) is 31.2 Å². The number of carbonyl (C=O) groups is 1. The Hall–Kier alpha value is -2.49. The van der Waals surface area contributed by atoms with E-state index in [0.717, 1.165) is 23.2 Å². The molecule has 21 heavy (non-hydrogen) atoms. The second-order valence-electron chi connectivity index (χ2n) is 5.22. The number of aryl methyl sites for hydroxylation is 1. The molecule has 108 valence electrons. The van der Waals surface area contributed by atoms with Gasteiger partial charge in [-0.25, -0.2) is 0 Å². The zero-order valence-corrected chi connectivity index (χ0v) is 11.9. The molecular weight excluding hydrogens is 264 g/mol. The number of benzene rings is 2. The van der Waals surface area contributed by atoms with Crippen molar-refractivity contribution >= 4 is 17.3 Å². The highest BCUT2D eigenvalue weighted by atomic mass is 16.3. The van der Waals surface area contributed by atoms with Crippen molar-refractivity contribution in [1.82, 2.24) is 0 Å². The first-order chi connectivity index (χ1) is 10.2. The molecular formula is C17H18N2O2. The number of aromatic hydroxyl groups is 1. The first-order valence-electron chi connectivity index (χ1n) is 7.14. The Morgan fingerprint density at radius 3 is 2.95 bits per heavy atom. The highest BCUT2D eigenvalue weighted by Gasteiger charge is 2.28. The van der Waals surface area contributed by atoms with Crippen LogP contribution in [-0.4, -0.2) is 17.6 Å². The third-order valence-corrected chi connectivity index (χ3v) is 3.88. The topological polar surface area (TPSA) is 61.4 Å². The van der Waals surface area contributed by atoms with Crippen LogP contribution in [0.15, 0.2) is 42.5 Å². The standard InChI is InChI=1S/C17H18N2O2/c1-2-11-7-8-16(20)15(9-11)19-17(21)13-10-18-14-6-4-3-5-12(13)14/h3-9,13,18,20H,2,10H2,1H3,(H,19,21). The monoisotopic (exact) mass is 282 g/mol.